The molecular formula is C17H21N3O2. The van der Waals surface area contributed by atoms with Gasteiger partial charge in [-0.1, -0.05) is 0 Å². The zero-order valence-electron chi connectivity index (χ0n) is 13.0. The fourth-order valence-corrected chi connectivity index (χ4v) is 3.17. The maximum atomic E-state index is 12.7. The molecule has 116 valence electrons. The molecule has 1 aliphatic rings. The first-order valence-electron chi connectivity index (χ1n) is 7.65. The van der Waals surface area contributed by atoms with E-state index in [1.807, 2.05) is 32.0 Å². The summed E-state index contributed by atoms with van der Waals surface area (Å²) in [6.07, 6.45) is 1.60. The van der Waals surface area contributed by atoms with Gasteiger partial charge in [0.15, 0.2) is 0 Å². The third-order valence-electron chi connectivity index (χ3n) is 4.67. The highest BCUT2D eigenvalue weighted by Gasteiger charge is 2.27. The van der Waals surface area contributed by atoms with Crippen LogP contribution in [0.25, 0.3) is 10.9 Å². The van der Waals surface area contributed by atoms with Crippen molar-refractivity contribution in [1.29, 1.82) is 0 Å². The molecule has 5 nitrogen and oxygen atoms in total. The molecule has 1 saturated heterocycles. The Balaban J connectivity index is 1.88. The van der Waals surface area contributed by atoms with E-state index in [1.54, 1.807) is 4.90 Å². The molecule has 5 heteroatoms. The lowest BCUT2D eigenvalue weighted by molar-refractivity contribution is -0.123. The molecule has 22 heavy (non-hydrogen) atoms. The summed E-state index contributed by atoms with van der Waals surface area (Å²) in [5.41, 5.74) is 9.37. The van der Waals surface area contributed by atoms with E-state index in [2.05, 4.69) is 4.98 Å². The molecule has 0 radical (unpaired) electrons. The Morgan fingerprint density at radius 1 is 1.32 bits per heavy atom. The number of benzene rings is 1. The molecule has 0 bridgehead atoms. The normalized spacial score (nSPS) is 18.6. The second kappa shape index (κ2) is 5.48. The van der Waals surface area contributed by atoms with E-state index in [1.165, 1.54) is 5.56 Å². The van der Waals surface area contributed by atoms with E-state index in [0.29, 0.717) is 18.7 Å². The number of hydrogen-bond donors (Lipinski definition) is 2. The molecule has 1 atom stereocenters. The Morgan fingerprint density at radius 3 is 2.82 bits per heavy atom. The second-order valence-corrected chi connectivity index (χ2v) is 6.13. The van der Waals surface area contributed by atoms with Crippen molar-refractivity contribution in [2.24, 2.45) is 11.7 Å². The maximum Gasteiger partial charge on any atom is 0.253 e. The third-order valence-corrected chi connectivity index (χ3v) is 4.67. The lowest BCUT2D eigenvalue weighted by Gasteiger charge is -2.31. The van der Waals surface area contributed by atoms with Gasteiger partial charge in [0.1, 0.15) is 0 Å². The van der Waals surface area contributed by atoms with Gasteiger partial charge in [-0.3, -0.25) is 9.59 Å². The largest absolute Gasteiger partial charge is 0.369 e. The number of nitrogens with zero attached hydrogens (tertiary/aromatic N) is 1. The number of likely N-dealkylation sites (tertiary alicyclic amines) is 1. The summed E-state index contributed by atoms with van der Waals surface area (Å²) in [6.45, 7) is 5.19. The lowest BCUT2D eigenvalue weighted by Crippen LogP contribution is -2.44. The van der Waals surface area contributed by atoms with Crippen LogP contribution in [0.3, 0.4) is 0 Å². The molecule has 1 aromatic carbocycles. The van der Waals surface area contributed by atoms with Gasteiger partial charge in [0.2, 0.25) is 5.91 Å². The average Bonchev–Trinajstić information content (AvgIpc) is 2.81. The Morgan fingerprint density at radius 2 is 2.09 bits per heavy atom. The highest BCUT2D eigenvalue weighted by Crippen LogP contribution is 2.24. The van der Waals surface area contributed by atoms with E-state index in [4.69, 9.17) is 5.73 Å². The Bertz CT molecular complexity index is 748. The number of amides is 2. The van der Waals surface area contributed by atoms with Crippen LogP contribution in [0.4, 0.5) is 0 Å². The van der Waals surface area contributed by atoms with Gasteiger partial charge in [-0.2, -0.15) is 0 Å². The minimum atomic E-state index is -0.315. The van der Waals surface area contributed by atoms with Crippen LogP contribution in [0, 0.1) is 19.8 Å². The smallest absolute Gasteiger partial charge is 0.253 e. The fraction of sp³-hybridized carbons (Fsp3) is 0.412. The number of carbonyl (C=O) groups is 2. The number of nitrogens with one attached hydrogen (secondary N) is 1. The minimum Gasteiger partial charge on any atom is -0.369 e. The maximum absolute atomic E-state index is 12.7. The summed E-state index contributed by atoms with van der Waals surface area (Å²) in [6, 6.07) is 5.72. The molecular weight excluding hydrogens is 278 g/mol. The number of nitrogens with two attached hydrogens (primary N) is 1. The van der Waals surface area contributed by atoms with Crippen molar-refractivity contribution < 1.29 is 9.59 Å². The summed E-state index contributed by atoms with van der Waals surface area (Å²) in [4.78, 5) is 29.1. The topological polar surface area (TPSA) is 79.2 Å². The van der Waals surface area contributed by atoms with E-state index < -0.39 is 0 Å². The Kier molecular flexibility index (Phi) is 3.64. The molecule has 2 aromatic rings. The second-order valence-electron chi connectivity index (χ2n) is 6.13. The van der Waals surface area contributed by atoms with Crippen LogP contribution >= 0.6 is 0 Å². The summed E-state index contributed by atoms with van der Waals surface area (Å²) in [7, 11) is 0. The average molecular weight is 299 g/mol. The van der Waals surface area contributed by atoms with E-state index in [9.17, 15) is 9.59 Å². The SMILES string of the molecule is Cc1[nH]c2ccc(C(=O)N3CCC[C@@H](C(N)=O)C3)cc2c1C. The van der Waals surface area contributed by atoms with Crippen molar-refractivity contribution >= 4 is 22.7 Å². The van der Waals surface area contributed by atoms with Gasteiger partial charge in [-0.05, 0) is 50.5 Å². The van der Waals surface area contributed by atoms with Crippen LogP contribution in [0.2, 0.25) is 0 Å². The van der Waals surface area contributed by atoms with E-state index in [-0.39, 0.29) is 17.7 Å². The molecule has 1 aliphatic heterocycles. The lowest BCUT2D eigenvalue weighted by atomic mass is 9.96. The Labute approximate surface area is 129 Å². The first kappa shape index (κ1) is 14.6. The number of aromatic amines is 1. The van der Waals surface area contributed by atoms with Gasteiger partial charge in [-0.15, -0.1) is 0 Å². The molecule has 1 aromatic heterocycles. The number of aryl methyl sites for hydroxylation is 2. The van der Waals surface area contributed by atoms with Crippen molar-refractivity contribution in [3.05, 3.63) is 35.0 Å². The number of primary amides is 1. The molecule has 0 spiro atoms. The van der Waals surface area contributed by atoms with Crippen LogP contribution in [0.15, 0.2) is 18.2 Å². The number of piperidine rings is 1. The van der Waals surface area contributed by atoms with Gasteiger partial charge >= 0.3 is 0 Å². The number of aromatic nitrogens is 1. The molecule has 0 unspecified atom stereocenters. The van der Waals surface area contributed by atoms with Crippen molar-refractivity contribution in [1.82, 2.24) is 9.88 Å². The van der Waals surface area contributed by atoms with Gasteiger partial charge in [0.05, 0.1) is 5.92 Å². The summed E-state index contributed by atoms with van der Waals surface area (Å²) in [5.74, 6) is -0.561. The molecule has 0 saturated carbocycles. The van der Waals surface area contributed by atoms with Crippen LogP contribution in [-0.4, -0.2) is 34.8 Å². The summed E-state index contributed by atoms with van der Waals surface area (Å²) < 4.78 is 0. The van der Waals surface area contributed by atoms with E-state index >= 15 is 0 Å². The number of rotatable bonds is 2. The molecule has 2 heterocycles. The first-order chi connectivity index (χ1) is 10.5. The van der Waals surface area contributed by atoms with Crippen molar-refractivity contribution in [2.75, 3.05) is 13.1 Å². The molecule has 1 fully saturated rings. The zero-order chi connectivity index (χ0) is 15.9. The van der Waals surface area contributed by atoms with E-state index in [0.717, 1.165) is 29.4 Å². The van der Waals surface area contributed by atoms with Gasteiger partial charge < -0.3 is 15.6 Å². The first-order valence-corrected chi connectivity index (χ1v) is 7.65. The Hall–Kier alpha value is -2.30. The zero-order valence-corrected chi connectivity index (χ0v) is 13.0. The van der Waals surface area contributed by atoms with Gasteiger partial charge in [-0.25, -0.2) is 0 Å². The summed E-state index contributed by atoms with van der Waals surface area (Å²) >= 11 is 0. The molecule has 3 rings (SSSR count). The minimum absolute atomic E-state index is 0.0221. The predicted octanol–water partition coefficient (Wildman–Crippen LogP) is 2.12. The quantitative estimate of drug-likeness (QED) is 0.891. The number of hydrogen-bond acceptors (Lipinski definition) is 2. The molecule has 0 aliphatic carbocycles. The van der Waals surface area contributed by atoms with Crippen LogP contribution in [0.5, 0.6) is 0 Å². The van der Waals surface area contributed by atoms with Gasteiger partial charge in [0.25, 0.3) is 5.91 Å². The van der Waals surface area contributed by atoms with Crippen molar-refractivity contribution in [2.45, 2.75) is 26.7 Å². The van der Waals surface area contributed by atoms with Crippen molar-refractivity contribution in [3.63, 3.8) is 0 Å². The van der Waals surface area contributed by atoms with Crippen LogP contribution in [0.1, 0.15) is 34.5 Å². The van der Waals surface area contributed by atoms with Crippen LogP contribution in [-0.2, 0) is 4.79 Å². The molecule has 3 N–H and O–H groups in total. The van der Waals surface area contributed by atoms with Gasteiger partial charge in [0, 0.05) is 35.2 Å². The monoisotopic (exact) mass is 299 g/mol. The highest BCUT2D eigenvalue weighted by atomic mass is 16.2. The number of carbonyl (C=O) groups excluding carboxylic acids is 2. The number of fused-ring (bicyclic) bond motifs is 1. The van der Waals surface area contributed by atoms with Crippen molar-refractivity contribution in [3.8, 4) is 0 Å². The van der Waals surface area contributed by atoms with Crippen LogP contribution < -0.4 is 5.73 Å². The fourth-order valence-electron chi connectivity index (χ4n) is 3.17. The standard InChI is InChI=1S/C17H21N3O2/c1-10-11(2)19-15-6-5-12(8-14(10)15)17(22)20-7-3-4-13(9-20)16(18)21/h5-6,8,13,19H,3-4,7,9H2,1-2H3,(H2,18,21)/t13-/m1/s1. The summed E-state index contributed by atoms with van der Waals surface area (Å²) in [5, 5.41) is 1.08. The molecule has 2 amide bonds. The number of H-pyrrole nitrogens is 1. The third kappa shape index (κ3) is 2.47. The predicted molar refractivity (Wildman–Crippen MR) is 85.6 cm³/mol. The highest BCUT2D eigenvalue weighted by molar-refractivity contribution is 5.99.